The molecular formula is C12H16N2S2. The molecular weight excluding hydrogens is 236 g/mol. The van der Waals surface area contributed by atoms with Gasteiger partial charge in [-0.25, -0.2) is 4.98 Å². The maximum Gasteiger partial charge on any atom is 0.0798 e. The maximum atomic E-state index is 4.31. The van der Waals surface area contributed by atoms with Crippen molar-refractivity contribution in [3.63, 3.8) is 0 Å². The molecule has 0 bridgehead atoms. The van der Waals surface area contributed by atoms with Gasteiger partial charge < -0.3 is 5.32 Å². The van der Waals surface area contributed by atoms with Crippen molar-refractivity contribution in [2.24, 2.45) is 0 Å². The Bertz CT molecular complexity index is 420. The number of hydrogen-bond donors (Lipinski definition) is 1. The molecule has 0 aliphatic carbocycles. The highest BCUT2D eigenvalue weighted by atomic mass is 32.1. The second-order valence-electron chi connectivity index (χ2n) is 3.81. The summed E-state index contributed by atoms with van der Waals surface area (Å²) >= 11 is 3.52. The summed E-state index contributed by atoms with van der Waals surface area (Å²) in [5.74, 6) is 0. The normalized spacial score (nSPS) is 12.9. The summed E-state index contributed by atoms with van der Waals surface area (Å²) in [6.07, 6.45) is 2.27. The largest absolute Gasteiger partial charge is 0.312 e. The van der Waals surface area contributed by atoms with Crippen molar-refractivity contribution in [2.75, 3.05) is 7.05 Å². The fraction of sp³-hybridized carbons (Fsp3) is 0.417. The first-order chi connectivity index (χ1) is 7.81. The number of hydrogen-bond acceptors (Lipinski definition) is 4. The van der Waals surface area contributed by atoms with Crippen LogP contribution in [-0.4, -0.2) is 12.0 Å². The second-order valence-corrected chi connectivity index (χ2v) is 5.48. The van der Waals surface area contributed by atoms with Gasteiger partial charge in [0.25, 0.3) is 0 Å². The van der Waals surface area contributed by atoms with E-state index in [1.165, 1.54) is 10.4 Å². The monoisotopic (exact) mass is 252 g/mol. The minimum absolute atomic E-state index is 0.437. The van der Waals surface area contributed by atoms with Crippen LogP contribution in [0.4, 0.5) is 0 Å². The van der Waals surface area contributed by atoms with Gasteiger partial charge in [-0.1, -0.05) is 0 Å². The standard InChI is InChI=1S/C12H16N2S2/c1-9-12(16-8-14-9)11(13-2)4-3-10-5-6-15-7-10/h5-8,11,13H,3-4H2,1-2H3. The Morgan fingerprint density at radius 2 is 2.38 bits per heavy atom. The van der Waals surface area contributed by atoms with E-state index < -0.39 is 0 Å². The van der Waals surface area contributed by atoms with Crippen molar-refractivity contribution in [1.29, 1.82) is 0 Å². The molecule has 1 atom stereocenters. The zero-order valence-electron chi connectivity index (χ0n) is 9.56. The van der Waals surface area contributed by atoms with Crippen LogP contribution < -0.4 is 5.32 Å². The van der Waals surface area contributed by atoms with E-state index in [0.29, 0.717) is 6.04 Å². The van der Waals surface area contributed by atoms with Gasteiger partial charge in [0.2, 0.25) is 0 Å². The molecule has 0 radical (unpaired) electrons. The van der Waals surface area contributed by atoms with Gasteiger partial charge in [-0.2, -0.15) is 11.3 Å². The highest BCUT2D eigenvalue weighted by Crippen LogP contribution is 2.25. The summed E-state index contributed by atoms with van der Waals surface area (Å²) in [4.78, 5) is 5.68. The van der Waals surface area contributed by atoms with E-state index in [1.807, 2.05) is 12.6 Å². The van der Waals surface area contributed by atoms with Crippen molar-refractivity contribution in [3.8, 4) is 0 Å². The average Bonchev–Trinajstić information content (AvgIpc) is 2.92. The molecule has 0 aliphatic heterocycles. The highest BCUT2D eigenvalue weighted by Gasteiger charge is 2.13. The quantitative estimate of drug-likeness (QED) is 0.882. The number of nitrogens with one attached hydrogen (secondary N) is 1. The van der Waals surface area contributed by atoms with Gasteiger partial charge in [-0.15, -0.1) is 11.3 Å². The predicted octanol–water partition coefficient (Wildman–Crippen LogP) is 3.41. The van der Waals surface area contributed by atoms with Gasteiger partial charge in [0.05, 0.1) is 11.2 Å². The molecule has 0 saturated heterocycles. The fourth-order valence-electron chi connectivity index (χ4n) is 1.80. The smallest absolute Gasteiger partial charge is 0.0798 e. The zero-order valence-corrected chi connectivity index (χ0v) is 11.2. The van der Waals surface area contributed by atoms with Crippen LogP contribution in [0.1, 0.15) is 28.6 Å². The Hall–Kier alpha value is -0.710. The van der Waals surface area contributed by atoms with Crippen LogP contribution in [0.15, 0.2) is 22.3 Å². The Balaban J connectivity index is 1.99. The molecule has 4 heteroatoms. The van der Waals surface area contributed by atoms with E-state index >= 15 is 0 Å². The number of thiazole rings is 1. The average molecular weight is 252 g/mol. The summed E-state index contributed by atoms with van der Waals surface area (Å²) in [7, 11) is 2.03. The third-order valence-corrected chi connectivity index (χ3v) is 4.53. The first-order valence-corrected chi connectivity index (χ1v) is 7.22. The molecule has 2 aromatic rings. The molecule has 86 valence electrons. The Morgan fingerprint density at radius 1 is 1.50 bits per heavy atom. The lowest BCUT2D eigenvalue weighted by Crippen LogP contribution is -2.16. The second kappa shape index (κ2) is 5.57. The Morgan fingerprint density at radius 3 is 2.94 bits per heavy atom. The van der Waals surface area contributed by atoms with E-state index in [0.717, 1.165) is 18.5 Å². The lowest BCUT2D eigenvalue weighted by molar-refractivity contribution is 0.555. The van der Waals surface area contributed by atoms with Crippen LogP contribution in [0.3, 0.4) is 0 Å². The minimum Gasteiger partial charge on any atom is -0.312 e. The fourth-order valence-corrected chi connectivity index (χ4v) is 3.45. The number of nitrogens with zero attached hydrogens (tertiary/aromatic N) is 1. The summed E-state index contributed by atoms with van der Waals surface area (Å²) < 4.78 is 0. The summed E-state index contributed by atoms with van der Waals surface area (Å²) in [6.45, 7) is 2.08. The summed E-state index contributed by atoms with van der Waals surface area (Å²) in [5, 5.41) is 7.75. The molecule has 2 nitrogen and oxygen atoms in total. The maximum absolute atomic E-state index is 4.31. The Kier molecular flexibility index (Phi) is 4.09. The van der Waals surface area contributed by atoms with E-state index in [2.05, 4.69) is 34.1 Å². The molecule has 0 spiro atoms. The molecule has 0 amide bonds. The molecule has 1 N–H and O–H groups in total. The molecule has 1 unspecified atom stereocenters. The topological polar surface area (TPSA) is 24.9 Å². The number of aryl methyl sites for hydroxylation is 2. The lowest BCUT2D eigenvalue weighted by Gasteiger charge is -2.14. The molecule has 2 heterocycles. The van der Waals surface area contributed by atoms with Crippen molar-refractivity contribution in [2.45, 2.75) is 25.8 Å². The molecule has 0 fully saturated rings. The van der Waals surface area contributed by atoms with Crippen molar-refractivity contribution in [3.05, 3.63) is 38.5 Å². The van der Waals surface area contributed by atoms with Crippen LogP contribution >= 0.6 is 22.7 Å². The molecule has 2 aromatic heterocycles. The van der Waals surface area contributed by atoms with E-state index in [4.69, 9.17) is 0 Å². The predicted molar refractivity (Wildman–Crippen MR) is 71.3 cm³/mol. The van der Waals surface area contributed by atoms with E-state index in [1.54, 1.807) is 22.7 Å². The zero-order chi connectivity index (χ0) is 11.4. The highest BCUT2D eigenvalue weighted by molar-refractivity contribution is 7.09. The van der Waals surface area contributed by atoms with Gasteiger partial charge in [-0.3, -0.25) is 0 Å². The molecule has 2 rings (SSSR count). The first-order valence-electron chi connectivity index (χ1n) is 5.39. The SMILES string of the molecule is CNC(CCc1ccsc1)c1scnc1C. The van der Waals surface area contributed by atoms with Gasteiger partial charge >= 0.3 is 0 Å². The lowest BCUT2D eigenvalue weighted by atomic mass is 10.1. The molecule has 0 aromatic carbocycles. The van der Waals surface area contributed by atoms with Crippen LogP contribution in [-0.2, 0) is 6.42 Å². The van der Waals surface area contributed by atoms with Gasteiger partial charge in [0.1, 0.15) is 0 Å². The van der Waals surface area contributed by atoms with E-state index in [-0.39, 0.29) is 0 Å². The van der Waals surface area contributed by atoms with Gasteiger partial charge in [0, 0.05) is 10.9 Å². The van der Waals surface area contributed by atoms with E-state index in [9.17, 15) is 0 Å². The van der Waals surface area contributed by atoms with Crippen LogP contribution in [0.5, 0.6) is 0 Å². The third-order valence-electron chi connectivity index (χ3n) is 2.75. The van der Waals surface area contributed by atoms with Crippen LogP contribution in [0.2, 0.25) is 0 Å². The van der Waals surface area contributed by atoms with Crippen LogP contribution in [0.25, 0.3) is 0 Å². The van der Waals surface area contributed by atoms with Crippen molar-refractivity contribution in [1.82, 2.24) is 10.3 Å². The van der Waals surface area contributed by atoms with Gasteiger partial charge in [0.15, 0.2) is 0 Å². The molecule has 0 saturated carbocycles. The number of rotatable bonds is 5. The van der Waals surface area contributed by atoms with Gasteiger partial charge in [-0.05, 0) is 49.2 Å². The van der Waals surface area contributed by atoms with Crippen molar-refractivity contribution >= 4 is 22.7 Å². The third kappa shape index (κ3) is 2.70. The first kappa shape index (κ1) is 11.8. The number of thiophene rings is 1. The van der Waals surface area contributed by atoms with Crippen molar-refractivity contribution < 1.29 is 0 Å². The molecule has 16 heavy (non-hydrogen) atoms. The summed E-state index contributed by atoms with van der Waals surface area (Å²) in [5.41, 5.74) is 4.53. The minimum atomic E-state index is 0.437. The molecule has 0 aliphatic rings. The summed E-state index contributed by atoms with van der Waals surface area (Å²) in [6, 6.07) is 2.64. The van der Waals surface area contributed by atoms with Crippen LogP contribution in [0, 0.1) is 6.92 Å². The number of aromatic nitrogens is 1. The Labute approximate surface area is 104 Å².